The Hall–Kier alpha value is -0.610. The highest BCUT2D eigenvalue weighted by Crippen LogP contribution is 2.16. The van der Waals surface area contributed by atoms with Crippen LogP contribution < -0.4 is 5.32 Å². The molecule has 2 heterocycles. The smallest absolute Gasteiger partial charge is 0.0237 e. The standard InChI is InChI=1S/C17H27N3.ClH/c1-2-15-5-3-4-6-16(15)14-19-9-11-20(12-10-19)17-7-8-18-13-17;/h3-6,17-18H,2,7-14H2,1H3;1H. The lowest BCUT2D eigenvalue weighted by Crippen LogP contribution is -2.50. The van der Waals surface area contributed by atoms with Gasteiger partial charge in [-0.3, -0.25) is 9.80 Å². The molecule has 0 saturated carbocycles. The fraction of sp³-hybridized carbons (Fsp3) is 0.647. The van der Waals surface area contributed by atoms with Crippen molar-refractivity contribution < 1.29 is 0 Å². The third-order valence-electron chi connectivity index (χ3n) is 4.85. The second kappa shape index (κ2) is 8.14. The van der Waals surface area contributed by atoms with Gasteiger partial charge in [-0.25, -0.2) is 0 Å². The number of hydrogen-bond donors (Lipinski definition) is 1. The zero-order valence-electron chi connectivity index (χ0n) is 13.1. The molecule has 1 unspecified atom stereocenters. The number of aryl methyl sites for hydroxylation is 1. The van der Waals surface area contributed by atoms with E-state index >= 15 is 0 Å². The number of rotatable bonds is 4. The van der Waals surface area contributed by atoms with Crippen LogP contribution in [0.4, 0.5) is 0 Å². The minimum atomic E-state index is 0. The van der Waals surface area contributed by atoms with Gasteiger partial charge in [0.1, 0.15) is 0 Å². The number of nitrogens with one attached hydrogen (secondary N) is 1. The van der Waals surface area contributed by atoms with Crippen LogP contribution in [0, 0.1) is 0 Å². The SMILES string of the molecule is CCc1ccccc1CN1CCN(C2CCNC2)CC1.Cl. The van der Waals surface area contributed by atoms with Crippen LogP contribution in [0.25, 0.3) is 0 Å². The maximum atomic E-state index is 3.48. The molecule has 0 aromatic heterocycles. The average Bonchev–Trinajstić information content (AvgIpc) is 3.03. The Bertz CT molecular complexity index is 424. The Morgan fingerprint density at radius 2 is 1.81 bits per heavy atom. The Morgan fingerprint density at radius 1 is 1.10 bits per heavy atom. The minimum absolute atomic E-state index is 0. The molecular formula is C17H28ClN3. The maximum absolute atomic E-state index is 3.48. The molecule has 3 nitrogen and oxygen atoms in total. The second-order valence-corrected chi connectivity index (χ2v) is 6.08. The number of halogens is 1. The summed E-state index contributed by atoms with van der Waals surface area (Å²) >= 11 is 0. The van der Waals surface area contributed by atoms with Crippen molar-refractivity contribution in [2.24, 2.45) is 0 Å². The molecule has 118 valence electrons. The zero-order valence-corrected chi connectivity index (χ0v) is 13.9. The average molecular weight is 310 g/mol. The van der Waals surface area contributed by atoms with Gasteiger partial charge in [-0.15, -0.1) is 12.4 Å². The highest BCUT2D eigenvalue weighted by molar-refractivity contribution is 5.85. The molecule has 0 aliphatic carbocycles. The molecule has 1 N–H and O–H groups in total. The summed E-state index contributed by atoms with van der Waals surface area (Å²) in [5.41, 5.74) is 3.03. The Labute approximate surface area is 135 Å². The number of piperazine rings is 1. The van der Waals surface area contributed by atoms with E-state index in [1.807, 2.05) is 0 Å². The van der Waals surface area contributed by atoms with Crippen LogP contribution in [0.1, 0.15) is 24.5 Å². The largest absolute Gasteiger partial charge is 0.315 e. The van der Waals surface area contributed by atoms with Crippen LogP contribution in [0.2, 0.25) is 0 Å². The molecule has 0 bridgehead atoms. The molecule has 0 amide bonds. The zero-order chi connectivity index (χ0) is 13.8. The van der Waals surface area contributed by atoms with Crippen molar-refractivity contribution in [1.82, 2.24) is 15.1 Å². The third kappa shape index (κ3) is 4.19. The highest BCUT2D eigenvalue weighted by atomic mass is 35.5. The van der Waals surface area contributed by atoms with Crippen LogP contribution in [-0.2, 0) is 13.0 Å². The Kier molecular flexibility index (Phi) is 6.49. The molecule has 3 rings (SSSR count). The van der Waals surface area contributed by atoms with E-state index in [0.717, 1.165) is 19.0 Å². The van der Waals surface area contributed by atoms with E-state index in [2.05, 4.69) is 46.3 Å². The van der Waals surface area contributed by atoms with E-state index in [1.165, 1.54) is 56.8 Å². The molecule has 1 aromatic rings. The normalized spacial score (nSPS) is 24.0. The van der Waals surface area contributed by atoms with Gasteiger partial charge in [0.25, 0.3) is 0 Å². The van der Waals surface area contributed by atoms with E-state index in [4.69, 9.17) is 0 Å². The predicted molar refractivity (Wildman–Crippen MR) is 91.2 cm³/mol. The molecule has 1 atom stereocenters. The van der Waals surface area contributed by atoms with E-state index in [1.54, 1.807) is 0 Å². The fourth-order valence-corrected chi connectivity index (χ4v) is 3.54. The fourth-order valence-electron chi connectivity index (χ4n) is 3.54. The molecular weight excluding hydrogens is 282 g/mol. The quantitative estimate of drug-likeness (QED) is 0.919. The van der Waals surface area contributed by atoms with Crippen LogP contribution >= 0.6 is 12.4 Å². The second-order valence-electron chi connectivity index (χ2n) is 6.08. The van der Waals surface area contributed by atoms with E-state index < -0.39 is 0 Å². The molecule has 21 heavy (non-hydrogen) atoms. The lowest BCUT2D eigenvalue weighted by molar-refractivity contribution is 0.0980. The van der Waals surface area contributed by atoms with Gasteiger partial charge in [-0.05, 0) is 30.5 Å². The van der Waals surface area contributed by atoms with Crippen LogP contribution in [0.5, 0.6) is 0 Å². The van der Waals surface area contributed by atoms with Gasteiger partial charge in [-0.2, -0.15) is 0 Å². The third-order valence-corrected chi connectivity index (χ3v) is 4.85. The minimum Gasteiger partial charge on any atom is -0.315 e. The molecule has 2 fully saturated rings. The van der Waals surface area contributed by atoms with Crippen LogP contribution in [0.15, 0.2) is 24.3 Å². The molecule has 4 heteroatoms. The van der Waals surface area contributed by atoms with E-state index in [0.29, 0.717) is 0 Å². The summed E-state index contributed by atoms with van der Waals surface area (Å²) in [5.74, 6) is 0. The molecule has 0 radical (unpaired) electrons. The van der Waals surface area contributed by atoms with Crippen molar-refractivity contribution in [2.75, 3.05) is 39.3 Å². The topological polar surface area (TPSA) is 18.5 Å². The molecule has 1 aromatic carbocycles. The number of hydrogen-bond acceptors (Lipinski definition) is 3. The van der Waals surface area contributed by atoms with Crippen LogP contribution in [-0.4, -0.2) is 55.1 Å². The van der Waals surface area contributed by atoms with E-state index in [-0.39, 0.29) is 12.4 Å². The van der Waals surface area contributed by atoms with Gasteiger partial charge in [0, 0.05) is 45.3 Å². The van der Waals surface area contributed by atoms with Gasteiger partial charge >= 0.3 is 0 Å². The van der Waals surface area contributed by atoms with Crippen LogP contribution in [0.3, 0.4) is 0 Å². The summed E-state index contributed by atoms with van der Waals surface area (Å²) in [4.78, 5) is 5.30. The summed E-state index contributed by atoms with van der Waals surface area (Å²) in [5, 5.41) is 3.48. The Balaban J connectivity index is 0.00000161. The Morgan fingerprint density at radius 3 is 2.43 bits per heavy atom. The molecule has 2 aliphatic heterocycles. The summed E-state index contributed by atoms with van der Waals surface area (Å²) < 4.78 is 0. The molecule has 0 spiro atoms. The first-order valence-corrected chi connectivity index (χ1v) is 8.10. The summed E-state index contributed by atoms with van der Waals surface area (Å²) in [6.07, 6.45) is 2.47. The van der Waals surface area contributed by atoms with Crippen molar-refractivity contribution in [2.45, 2.75) is 32.4 Å². The lowest BCUT2D eigenvalue weighted by Gasteiger charge is -2.38. The van der Waals surface area contributed by atoms with Crippen molar-refractivity contribution in [1.29, 1.82) is 0 Å². The van der Waals surface area contributed by atoms with Crippen molar-refractivity contribution in [3.05, 3.63) is 35.4 Å². The number of benzene rings is 1. The number of nitrogens with zero attached hydrogens (tertiary/aromatic N) is 2. The summed E-state index contributed by atoms with van der Waals surface area (Å²) in [6, 6.07) is 9.70. The lowest BCUT2D eigenvalue weighted by atomic mass is 10.0. The molecule has 2 saturated heterocycles. The van der Waals surface area contributed by atoms with Crippen molar-refractivity contribution in [3.63, 3.8) is 0 Å². The van der Waals surface area contributed by atoms with Gasteiger partial charge in [0.05, 0.1) is 0 Å². The predicted octanol–water partition coefficient (Wildman–Crippen LogP) is 2.15. The van der Waals surface area contributed by atoms with Gasteiger partial charge in [0.15, 0.2) is 0 Å². The summed E-state index contributed by atoms with van der Waals surface area (Å²) in [7, 11) is 0. The van der Waals surface area contributed by atoms with Gasteiger partial charge in [-0.1, -0.05) is 31.2 Å². The highest BCUT2D eigenvalue weighted by Gasteiger charge is 2.25. The van der Waals surface area contributed by atoms with Gasteiger partial charge in [0.2, 0.25) is 0 Å². The first-order valence-electron chi connectivity index (χ1n) is 8.10. The first kappa shape index (κ1) is 16.8. The van der Waals surface area contributed by atoms with E-state index in [9.17, 15) is 0 Å². The first-order chi connectivity index (χ1) is 9.86. The maximum Gasteiger partial charge on any atom is 0.0237 e. The van der Waals surface area contributed by atoms with Gasteiger partial charge < -0.3 is 5.32 Å². The monoisotopic (exact) mass is 309 g/mol. The molecule has 2 aliphatic rings. The van der Waals surface area contributed by atoms with Crippen molar-refractivity contribution in [3.8, 4) is 0 Å². The summed E-state index contributed by atoms with van der Waals surface area (Å²) in [6.45, 7) is 10.7. The van der Waals surface area contributed by atoms with Crippen molar-refractivity contribution >= 4 is 12.4 Å².